The molecule has 2 aromatic carbocycles. The number of nitrogens with one attached hydrogen (secondary N) is 1. The number of fused-ring (bicyclic) bond motifs is 1. The number of amides is 2. The van der Waals surface area contributed by atoms with Crippen LogP contribution in [0.3, 0.4) is 0 Å². The number of methoxy groups -OCH3 is 2. The number of carbonyl (C=O) groups is 2. The highest BCUT2D eigenvalue weighted by atomic mass is 32.1. The second-order valence-electron chi connectivity index (χ2n) is 9.55. The number of carbonyl (C=O) groups excluding carboxylic acids is 2. The first kappa shape index (κ1) is 27.1. The van der Waals surface area contributed by atoms with E-state index in [4.69, 9.17) is 9.47 Å². The zero-order chi connectivity index (χ0) is 27.3. The van der Waals surface area contributed by atoms with Gasteiger partial charge in [-0.3, -0.25) is 9.59 Å². The third-order valence-electron chi connectivity index (χ3n) is 6.57. The Morgan fingerprint density at radius 2 is 1.87 bits per heavy atom. The number of aromatic nitrogens is 3. The Balaban J connectivity index is 1.82. The molecule has 0 radical (unpaired) electrons. The molecule has 0 aliphatic carbocycles. The van der Waals surface area contributed by atoms with Crippen molar-refractivity contribution in [2.75, 3.05) is 14.2 Å². The van der Waals surface area contributed by atoms with Crippen LogP contribution in [0.2, 0.25) is 0 Å². The van der Waals surface area contributed by atoms with E-state index in [1.807, 2.05) is 62.5 Å². The number of hydrogen-bond acceptors (Lipinski definition) is 7. The molecule has 0 saturated carbocycles. The van der Waals surface area contributed by atoms with Gasteiger partial charge in [0.2, 0.25) is 11.8 Å². The molecule has 0 saturated heterocycles. The highest BCUT2D eigenvalue weighted by Crippen LogP contribution is 2.38. The molecular weight excluding hydrogens is 502 g/mol. The van der Waals surface area contributed by atoms with Crippen LogP contribution in [-0.4, -0.2) is 51.5 Å². The lowest BCUT2D eigenvalue weighted by atomic mass is 9.97. The zero-order valence-corrected chi connectivity index (χ0v) is 23.1. The van der Waals surface area contributed by atoms with Gasteiger partial charge in [0.25, 0.3) is 0 Å². The van der Waals surface area contributed by atoms with Gasteiger partial charge in [-0.05, 0) is 49.9 Å². The monoisotopic (exact) mass is 535 g/mol. The van der Waals surface area contributed by atoms with E-state index >= 15 is 0 Å². The van der Waals surface area contributed by atoms with Gasteiger partial charge in [0.15, 0.2) is 11.5 Å². The number of rotatable bonds is 11. The number of nitrogens with zero attached hydrogens (tertiary/aromatic N) is 4. The number of ether oxygens (including phenoxy) is 2. The standard InChI is InChI=1S/C28H33N5O4S/c1-6-28(2,3)29-27(35)25(20-12-9-15-23(36-4)26(20)37-5)32(17-19-11-10-16-38-19)24(34)18-33-22-14-8-7-13-21(22)30-31-33/h7-16,25H,6,17-18H2,1-5H3,(H,29,35)/t25-/m0/s1. The van der Waals surface area contributed by atoms with Crippen molar-refractivity contribution in [2.24, 2.45) is 0 Å². The van der Waals surface area contributed by atoms with Crippen LogP contribution in [0.25, 0.3) is 11.0 Å². The minimum absolute atomic E-state index is 0.0842. The van der Waals surface area contributed by atoms with E-state index in [9.17, 15) is 9.59 Å². The van der Waals surface area contributed by atoms with Gasteiger partial charge in [0.1, 0.15) is 18.1 Å². The van der Waals surface area contributed by atoms with E-state index in [0.29, 0.717) is 29.0 Å². The highest BCUT2D eigenvalue weighted by molar-refractivity contribution is 7.09. The average molecular weight is 536 g/mol. The predicted octanol–water partition coefficient (Wildman–Crippen LogP) is 4.58. The minimum Gasteiger partial charge on any atom is -0.493 e. The summed E-state index contributed by atoms with van der Waals surface area (Å²) >= 11 is 1.52. The number of para-hydroxylation sites is 2. The molecule has 200 valence electrons. The Kier molecular flexibility index (Phi) is 8.31. The fourth-order valence-corrected chi connectivity index (χ4v) is 4.92. The Bertz CT molecular complexity index is 1400. The maximum absolute atomic E-state index is 14.1. The quantitative estimate of drug-likeness (QED) is 0.302. The molecule has 2 heterocycles. The van der Waals surface area contributed by atoms with Gasteiger partial charge >= 0.3 is 0 Å². The Labute approximate surface area is 226 Å². The van der Waals surface area contributed by atoms with Crippen molar-refractivity contribution in [3.05, 3.63) is 70.4 Å². The Morgan fingerprint density at radius 3 is 2.55 bits per heavy atom. The van der Waals surface area contributed by atoms with Crippen molar-refractivity contribution in [3.63, 3.8) is 0 Å². The van der Waals surface area contributed by atoms with E-state index < -0.39 is 11.6 Å². The first-order valence-electron chi connectivity index (χ1n) is 12.4. The van der Waals surface area contributed by atoms with Crippen molar-refractivity contribution in [1.29, 1.82) is 0 Å². The molecule has 0 bridgehead atoms. The lowest BCUT2D eigenvalue weighted by Gasteiger charge is -2.35. The van der Waals surface area contributed by atoms with Crippen molar-refractivity contribution in [1.82, 2.24) is 25.2 Å². The van der Waals surface area contributed by atoms with Crippen LogP contribution in [0.4, 0.5) is 0 Å². The van der Waals surface area contributed by atoms with Gasteiger partial charge < -0.3 is 19.7 Å². The zero-order valence-electron chi connectivity index (χ0n) is 22.3. The summed E-state index contributed by atoms with van der Waals surface area (Å²) in [6.07, 6.45) is 0.713. The van der Waals surface area contributed by atoms with Crippen LogP contribution >= 0.6 is 11.3 Å². The van der Waals surface area contributed by atoms with Crippen LogP contribution in [0.5, 0.6) is 11.5 Å². The second-order valence-corrected chi connectivity index (χ2v) is 10.6. The Hall–Kier alpha value is -3.92. The summed E-state index contributed by atoms with van der Waals surface area (Å²) in [6, 6.07) is 15.7. The molecule has 1 atom stereocenters. The van der Waals surface area contributed by atoms with Crippen molar-refractivity contribution in [3.8, 4) is 11.5 Å². The molecule has 0 fully saturated rings. The van der Waals surface area contributed by atoms with E-state index in [1.165, 1.54) is 18.4 Å². The number of benzene rings is 2. The molecule has 4 rings (SSSR count). The first-order valence-corrected chi connectivity index (χ1v) is 13.3. The molecule has 0 spiro atoms. The second kappa shape index (κ2) is 11.6. The summed E-state index contributed by atoms with van der Waals surface area (Å²) in [5.74, 6) is 0.285. The normalized spacial score (nSPS) is 12.2. The third kappa shape index (κ3) is 5.80. The number of thiophene rings is 1. The average Bonchev–Trinajstić information content (AvgIpc) is 3.58. The van der Waals surface area contributed by atoms with E-state index in [-0.39, 0.29) is 24.9 Å². The Morgan fingerprint density at radius 1 is 1.08 bits per heavy atom. The van der Waals surface area contributed by atoms with Gasteiger partial charge in [-0.15, -0.1) is 16.4 Å². The van der Waals surface area contributed by atoms with Crippen LogP contribution in [-0.2, 0) is 22.7 Å². The summed E-state index contributed by atoms with van der Waals surface area (Å²) < 4.78 is 12.8. The largest absolute Gasteiger partial charge is 0.493 e. The molecule has 2 amide bonds. The predicted molar refractivity (Wildman–Crippen MR) is 147 cm³/mol. The van der Waals surface area contributed by atoms with Crippen molar-refractivity contribution in [2.45, 2.75) is 51.9 Å². The smallest absolute Gasteiger partial charge is 0.248 e. The fraction of sp³-hybridized carbons (Fsp3) is 0.357. The van der Waals surface area contributed by atoms with E-state index in [2.05, 4.69) is 15.6 Å². The molecule has 4 aromatic rings. The van der Waals surface area contributed by atoms with Gasteiger partial charge in [-0.2, -0.15) is 0 Å². The first-order chi connectivity index (χ1) is 18.3. The molecule has 0 unspecified atom stereocenters. The fourth-order valence-electron chi connectivity index (χ4n) is 4.22. The van der Waals surface area contributed by atoms with Gasteiger partial charge in [0, 0.05) is 16.0 Å². The summed E-state index contributed by atoms with van der Waals surface area (Å²) in [5.41, 5.74) is 1.48. The molecule has 0 aliphatic rings. The molecule has 2 aromatic heterocycles. The van der Waals surface area contributed by atoms with Gasteiger partial charge in [0.05, 0.1) is 26.3 Å². The maximum atomic E-state index is 14.1. The molecule has 9 nitrogen and oxygen atoms in total. The van der Waals surface area contributed by atoms with Gasteiger partial charge in [-0.1, -0.05) is 42.5 Å². The highest BCUT2D eigenvalue weighted by Gasteiger charge is 2.37. The minimum atomic E-state index is -0.990. The maximum Gasteiger partial charge on any atom is 0.248 e. The topological polar surface area (TPSA) is 98.6 Å². The molecule has 38 heavy (non-hydrogen) atoms. The van der Waals surface area contributed by atoms with Crippen LogP contribution in [0.15, 0.2) is 60.0 Å². The van der Waals surface area contributed by atoms with Gasteiger partial charge in [-0.25, -0.2) is 4.68 Å². The summed E-state index contributed by atoms with van der Waals surface area (Å²) in [4.78, 5) is 30.6. The van der Waals surface area contributed by atoms with Crippen LogP contribution in [0.1, 0.15) is 43.7 Å². The third-order valence-corrected chi connectivity index (χ3v) is 7.43. The molecular formula is C28H33N5O4S. The van der Waals surface area contributed by atoms with Crippen molar-refractivity contribution < 1.29 is 19.1 Å². The molecule has 10 heteroatoms. The lowest BCUT2D eigenvalue weighted by Crippen LogP contribution is -2.50. The van der Waals surface area contributed by atoms with E-state index in [0.717, 1.165) is 10.4 Å². The lowest BCUT2D eigenvalue weighted by molar-refractivity contribution is -0.143. The SMILES string of the molecule is CCC(C)(C)NC(=O)[C@H](c1cccc(OC)c1OC)N(Cc1cccs1)C(=O)Cn1nnc2ccccc21. The summed E-state index contributed by atoms with van der Waals surface area (Å²) in [7, 11) is 3.07. The summed E-state index contributed by atoms with van der Waals surface area (Å²) in [5, 5.41) is 13.5. The summed E-state index contributed by atoms with van der Waals surface area (Å²) in [6.45, 7) is 6.06. The molecule has 0 aliphatic heterocycles. The van der Waals surface area contributed by atoms with Crippen LogP contribution < -0.4 is 14.8 Å². The van der Waals surface area contributed by atoms with Crippen LogP contribution in [0, 0.1) is 0 Å². The van der Waals surface area contributed by atoms with E-state index in [1.54, 1.807) is 34.9 Å². The number of hydrogen-bond donors (Lipinski definition) is 1. The molecule has 1 N–H and O–H groups in total. The van der Waals surface area contributed by atoms with Crippen molar-refractivity contribution >= 4 is 34.2 Å².